The second-order valence-electron chi connectivity index (χ2n) is 4.89. The number of nitrogens with zero attached hydrogens (tertiary/aromatic N) is 3. The molecule has 17 heavy (non-hydrogen) atoms. The van der Waals surface area contributed by atoms with E-state index in [0.29, 0.717) is 6.61 Å². The monoisotopic (exact) mass is 234 g/mol. The Morgan fingerprint density at radius 2 is 2.18 bits per heavy atom. The highest BCUT2D eigenvalue weighted by molar-refractivity contribution is 5.52. The number of ether oxygens (including phenoxy) is 1. The molecule has 0 unspecified atom stereocenters. The van der Waals surface area contributed by atoms with Gasteiger partial charge in [-0.05, 0) is 38.5 Å². The molecule has 0 bridgehead atoms. The van der Waals surface area contributed by atoms with Gasteiger partial charge in [0.05, 0.1) is 12.1 Å². The Morgan fingerprint density at radius 1 is 1.41 bits per heavy atom. The van der Waals surface area contributed by atoms with Crippen LogP contribution in [-0.4, -0.2) is 33.9 Å². The van der Waals surface area contributed by atoms with Crippen LogP contribution in [0, 0.1) is 6.92 Å². The van der Waals surface area contributed by atoms with Crippen LogP contribution in [0.15, 0.2) is 18.5 Å². The van der Waals surface area contributed by atoms with E-state index in [1.807, 2.05) is 13.0 Å². The molecule has 2 aromatic rings. The zero-order chi connectivity index (χ0) is 12.5. The number of aromatic nitrogens is 3. The number of pyridine rings is 1. The number of rotatable bonds is 4. The zero-order valence-electron chi connectivity index (χ0n) is 10.7. The summed E-state index contributed by atoms with van der Waals surface area (Å²) in [5, 5.41) is 7.63. The fourth-order valence-electron chi connectivity index (χ4n) is 1.89. The van der Waals surface area contributed by atoms with E-state index >= 15 is 0 Å². The first-order chi connectivity index (χ1) is 8.02. The lowest BCUT2D eigenvalue weighted by atomic mass is 10.1. The van der Waals surface area contributed by atoms with Crippen molar-refractivity contribution in [1.82, 2.24) is 14.6 Å². The molecular formula is C12H18N4O. The fourth-order valence-corrected chi connectivity index (χ4v) is 1.89. The zero-order valence-corrected chi connectivity index (χ0v) is 10.7. The van der Waals surface area contributed by atoms with Gasteiger partial charge in [-0.2, -0.15) is 9.61 Å². The fraction of sp³-hybridized carbons (Fsp3) is 0.500. The molecule has 0 aliphatic carbocycles. The topological polar surface area (TPSA) is 51.5 Å². The van der Waals surface area contributed by atoms with Gasteiger partial charge in [0, 0.05) is 7.11 Å². The molecule has 1 N–H and O–H groups in total. The maximum atomic E-state index is 5.19. The largest absolute Gasteiger partial charge is 0.382 e. The number of hydrogen-bond acceptors (Lipinski definition) is 4. The highest BCUT2D eigenvalue weighted by Gasteiger charge is 2.18. The van der Waals surface area contributed by atoms with Crippen LogP contribution in [-0.2, 0) is 4.74 Å². The third-order valence-electron chi connectivity index (χ3n) is 2.50. The lowest BCUT2D eigenvalue weighted by Gasteiger charge is -2.26. The van der Waals surface area contributed by atoms with Crippen molar-refractivity contribution in [3.63, 3.8) is 0 Å². The number of fused-ring (bicyclic) bond motifs is 1. The molecule has 0 aliphatic heterocycles. The average molecular weight is 234 g/mol. The number of nitrogens with one attached hydrogen (secondary N) is 1. The summed E-state index contributed by atoms with van der Waals surface area (Å²) in [5.41, 5.74) is 1.85. The van der Waals surface area contributed by atoms with Crippen LogP contribution in [0.1, 0.15) is 19.4 Å². The maximum absolute atomic E-state index is 5.19. The summed E-state index contributed by atoms with van der Waals surface area (Å²) < 4.78 is 6.99. The van der Waals surface area contributed by atoms with E-state index in [9.17, 15) is 0 Å². The summed E-state index contributed by atoms with van der Waals surface area (Å²) in [6, 6.07) is 4.06. The van der Waals surface area contributed by atoms with Crippen molar-refractivity contribution >= 4 is 11.5 Å². The second-order valence-corrected chi connectivity index (χ2v) is 4.89. The predicted molar refractivity (Wildman–Crippen MR) is 67.3 cm³/mol. The standard InChI is InChI=1S/C12H18N4O/c1-9-5-10-13-8-14-16(10)11(6-9)15-12(2,3)7-17-4/h5-6,8,15H,7H2,1-4H3. The van der Waals surface area contributed by atoms with Crippen LogP contribution >= 0.6 is 0 Å². The minimum absolute atomic E-state index is 0.151. The van der Waals surface area contributed by atoms with Gasteiger partial charge >= 0.3 is 0 Å². The van der Waals surface area contributed by atoms with E-state index in [2.05, 4.69) is 35.3 Å². The van der Waals surface area contributed by atoms with Crippen molar-refractivity contribution in [2.75, 3.05) is 19.0 Å². The number of anilines is 1. The Balaban J connectivity index is 2.37. The molecule has 0 aromatic carbocycles. The van der Waals surface area contributed by atoms with Gasteiger partial charge in [-0.3, -0.25) is 0 Å². The molecule has 0 aliphatic rings. The van der Waals surface area contributed by atoms with Gasteiger partial charge in [-0.1, -0.05) is 0 Å². The van der Waals surface area contributed by atoms with Crippen LogP contribution in [0.2, 0.25) is 0 Å². The summed E-state index contributed by atoms with van der Waals surface area (Å²) >= 11 is 0. The summed E-state index contributed by atoms with van der Waals surface area (Å²) in [6.07, 6.45) is 1.56. The number of methoxy groups -OCH3 is 1. The first-order valence-corrected chi connectivity index (χ1v) is 5.59. The molecule has 0 amide bonds. The molecule has 0 spiro atoms. The van der Waals surface area contributed by atoms with E-state index in [1.54, 1.807) is 18.0 Å². The van der Waals surface area contributed by atoms with Crippen LogP contribution in [0.4, 0.5) is 5.82 Å². The molecule has 2 heterocycles. The summed E-state index contributed by atoms with van der Waals surface area (Å²) in [6.45, 7) is 6.84. The van der Waals surface area contributed by atoms with E-state index in [0.717, 1.165) is 17.0 Å². The van der Waals surface area contributed by atoms with E-state index in [-0.39, 0.29) is 5.54 Å². The van der Waals surface area contributed by atoms with E-state index in [4.69, 9.17) is 4.74 Å². The first-order valence-electron chi connectivity index (χ1n) is 5.59. The second kappa shape index (κ2) is 4.33. The summed E-state index contributed by atoms with van der Waals surface area (Å²) in [4.78, 5) is 4.20. The lowest BCUT2D eigenvalue weighted by molar-refractivity contribution is 0.158. The van der Waals surface area contributed by atoms with Gasteiger partial charge in [-0.25, -0.2) is 4.98 Å². The van der Waals surface area contributed by atoms with Crippen LogP contribution in [0.3, 0.4) is 0 Å². The molecule has 2 aromatic heterocycles. The molecule has 0 saturated heterocycles. The molecule has 0 atom stereocenters. The smallest absolute Gasteiger partial charge is 0.157 e. The van der Waals surface area contributed by atoms with Gasteiger partial charge in [0.15, 0.2) is 5.65 Å². The molecule has 5 heteroatoms. The Kier molecular flexibility index (Phi) is 3.02. The normalized spacial score (nSPS) is 12.0. The van der Waals surface area contributed by atoms with Gasteiger partial charge in [0.25, 0.3) is 0 Å². The van der Waals surface area contributed by atoms with Crippen molar-refractivity contribution in [2.24, 2.45) is 0 Å². The third-order valence-corrected chi connectivity index (χ3v) is 2.50. The molecule has 0 saturated carbocycles. The van der Waals surface area contributed by atoms with Crippen molar-refractivity contribution in [1.29, 1.82) is 0 Å². The predicted octanol–water partition coefficient (Wildman–Crippen LogP) is 1.87. The minimum Gasteiger partial charge on any atom is -0.382 e. The van der Waals surface area contributed by atoms with Gasteiger partial charge in [-0.15, -0.1) is 0 Å². The van der Waals surface area contributed by atoms with E-state index < -0.39 is 0 Å². The van der Waals surface area contributed by atoms with Crippen LogP contribution in [0.25, 0.3) is 5.65 Å². The molecule has 0 radical (unpaired) electrons. The Hall–Kier alpha value is -1.62. The van der Waals surface area contributed by atoms with Gasteiger partial charge in [0.2, 0.25) is 0 Å². The maximum Gasteiger partial charge on any atom is 0.157 e. The van der Waals surface area contributed by atoms with Crippen LogP contribution < -0.4 is 5.32 Å². The Bertz CT molecular complexity index is 518. The minimum atomic E-state index is -0.151. The molecule has 0 fully saturated rings. The highest BCUT2D eigenvalue weighted by Crippen LogP contribution is 2.18. The third kappa shape index (κ3) is 2.55. The van der Waals surface area contributed by atoms with Crippen molar-refractivity contribution < 1.29 is 4.74 Å². The summed E-state index contributed by atoms with van der Waals surface area (Å²) in [7, 11) is 1.70. The summed E-state index contributed by atoms with van der Waals surface area (Å²) in [5.74, 6) is 0.930. The lowest BCUT2D eigenvalue weighted by Crippen LogP contribution is -2.36. The molecule has 5 nitrogen and oxygen atoms in total. The molecule has 2 rings (SSSR count). The molecular weight excluding hydrogens is 216 g/mol. The Labute approximate surface area is 101 Å². The SMILES string of the molecule is COCC(C)(C)Nc1cc(C)cc2ncnn12. The van der Waals surface area contributed by atoms with Crippen molar-refractivity contribution in [3.05, 3.63) is 24.0 Å². The molecule has 92 valence electrons. The van der Waals surface area contributed by atoms with Crippen molar-refractivity contribution in [2.45, 2.75) is 26.3 Å². The van der Waals surface area contributed by atoms with Gasteiger partial charge < -0.3 is 10.1 Å². The van der Waals surface area contributed by atoms with Crippen molar-refractivity contribution in [3.8, 4) is 0 Å². The highest BCUT2D eigenvalue weighted by atomic mass is 16.5. The quantitative estimate of drug-likeness (QED) is 0.877. The van der Waals surface area contributed by atoms with E-state index in [1.165, 1.54) is 0 Å². The average Bonchev–Trinajstić information content (AvgIpc) is 2.64. The number of aryl methyl sites for hydroxylation is 1. The Morgan fingerprint density at radius 3 is 2.88 bits per heavy atom. The van der Waals surface area contributed by atoms with Crippen LogP contribution in [0.5, 0.6) is 0 Å². The van der Waals surface area contributed by atoms with Gasteiger partial charge in [0.1, 0.15) is 12.1 Å². The number of hydrogen-bond donors (Lipinski definition) is 1. The first kappa shape index (κ1) is 11.9.